The van der Waals surface area contributed by atoms with E-state index in [9.17, 15) is 0 Å². The number of methoxy groups -OCH3 is 1. The molecule has 0 aliphatic rings. The zero-order valence-corrected chi connectivity index (χ0v) is 15.9. The van der Waals surface area contributed by atoms with Gasteiger partial charge in [-0.05, 0) is 18.3 Å². The first kappa shape index (κ1) is 21.3. The Balaban J connectivity index is 0. The topological polar surface area (TPSA) is 45.7 Å². The van der Waals surface area contributed by atoms with Gasteiger partial charge in [-0.25, -0.2) is 0 Å². The van der Waals surface area contributed by atoms with E-state index in [-0.39, 0.29) is 35.5 Å². The van der Waals surface area contributed by atoms with Gasteiger partial charge in [-0.3, -0.25) is 4.99 Å². The zero-order valence-electron chi connectivity index (χ0n) is 13.5. The average Bonchev–Trinajstić information content (AvgIpc) is 2.24. The van der Waals surface area contributed by atoms with Crippen molar-refractivity contribution in [1.29, 1.82) is 0 Å². The van der Waals surface area contributed by atoms with E-state index in [4.69, 9.17) is 4.74 Å². The van der Waals surface area contributed by atoms with Gasteiger partial charge in [0.25, 0.3) is 0 Å². The van der Waals surface area contributed by atoms with Crippen molar-refractivity contribution >= 4 is 29.9 Å². The second-order valence-electron chi connectivity index (χ2n) is 6.08. The largest absolute Gasteiger partial charge is 0.379 e. The van der Waals surface area contributed by atoms with Crippen LogP contribution in [0.1, 0.15) is 41.5 Å². The summed E-state index contributed by atoms with van der Waals surface area (Å²) in [4.78, 5) is 4.54. The van der Waals surface area contributed by atoms with Gasteiger partial charge in [0.15, 0.2) is 5.96 Å². The average molecular weight is 385 g/mol. The maximum absolute atomic E-state index is 5.52. The van der Waals surface area contributed by atoms with Gasteiger partial charge in [0.2, 0.25) is 0 Å². The molecule has 1 atom stereocenters. The van der Waals surface area contributed by atoms with Crippen LogP contribution in [0.4, 0.5) is 0 Å². The molecule has 0 aromatic rings. The molecule has 0 aromatic heterocycles. The second kappa shape index (κ2) is 10.7. The van der Waals surface area contributed by atoms with Gasteiger partial charge >= 0.3 is 0 Å². The van der Waals surface area contributed by atoms with Crippen LogP contribution in [0.15, 0.2) is 4.99 Å². The van der Waals surface area contributed by atoms with Crippen LogP contribution in [0.3, 0.4) is 0 Å². The van der Waals surface area contributed by atoms with Crippen LogP contribution in [0, 0.1) is 11.3 Å². The number of nitrogens with one attached hydrogen (secondary N) is 2. The summed E-state index contributed by atoms with van der Waals surface area (Å²) >= 11 is 0. The van der Waals surface area contributed by atoms with Crippen molar-refractivity contribution in [3.05, 3.63) is 0 Å². The number of aliphatic imine (C=N–C) groups is 1. The molecule has 0 spiro atoms. The smallest absolute Gasteiger partial charge is 0.191 e. The molecule has 0 saturated heterocycles. The van der Waals surface area contributed by atoms with Gasteiger partial charge in [-0.1, -0.05) is 34.6 Å². The molecular formula is C14H32IN3O. The van der Waals surface area contributed by atoms with Crippen molar-refractivity contribution in [2.75, 3.05) is 26.7 Å². The van der Waals surface area contributed by atoms with Gasteiger partial charge in [-0.2, -0.15) is 0 Å². The molecule has 0 heterocycles. The van der Waals surface area contributed by atoms with Crippen LogP contribution in [0.2, 0.25) is 0 Å². The molecule has 5 heteroatoms. The van der Waals surface area contributed by atoms with E-state index in [1.165, 1.54) is 0 Å². The number of halogens is 1. The molecule has 2 N–H and O–H groups in total. The molecule has 0 aliphatic heterocycles. The van der Waals surface area contributed by atoms with Gasteiger partial charge in [-0.15, -0.1) is 24.0 Å². The van der Waals surface area contributed by atoms with Gasteiger partial charge in [0, 0.05) is 26.7 Å². The predicted octanol–water partition coefficient (Wildman–Crippen LogP) is 2.88. The first-order valence-corrected chi connectivity index (χ1v) is 6.86. The molecule has 0 radical (unpaired) electrons. The van der Waals surface area contributed by atoms with Crippen molar-refractivity contribution in [1.82, 2.24) is 10.6 Å². The maximum atomic E-state index is 5.52. The summed E-state index contributed by atoms with van der Waals surface area (Å²) in [6, 6.07) is 0. The molecule has 0 rings (SSSR count). The zero-order chi connectivity index (χ0) is 14.2. The summed E-state index contributed by atoms with van der Waals surface area (Å²) in [6.07, 6.45) is 0.167. The minimum atomic E-state index is 0. The Morgan fingerprint density at radius 2 is 1.79 bits per heavy atom. The van der Waals surface area contributed by atoms with E-state index in [1.54, 1.807) is 7.11 Å². The fraction of sp³-hybridized carbons (Fsp3) is 0.929. The fourth-order valence-corrected chi connectivity index (χ4v) is 1.55. The Kier molecular flexibility index (Phi) is 12.0. The molecule has 1 unspecified atom stereocenters. The lowest BCUT2D eigenvalue weighted by Gasteiger charge is -2.30. The molecule has 0 aromatic carbocycles. The molecule has 116 valence electrons. The first-order chi connectivity index (χ1) is 8.31. The minimum Gasteiger partial charge on any atom is -0.379 e. The molecule has 0 saturated carbocycles. The Hall–Kier alpha value is -0.0400. The summed E-state index contributed by atoms with van der Waals surface area (Å²) in [5, 5.41) is 6.60. The summed E-state index contributed by atoms with van der Waals surface area (Å²) in [6.45, 7) is 15.4. The van der Waals surface area contributed by atoms with E-state index in [0.29, 0.717) is 5.92 Å². The highest BCUT2D eigenvalue weighted by atomic mass is 127. The number of ether oxygens (including phenoxy) is 1. The Bertz CT molecular complexity index is 250. The molecule has 0 amide bonds. The lowest BCUT2D eigenvalue weighted by atomic mass is 9.89. The van der Waals surface area contributed by atoms with Crippen LogP contribution in [0.5, 0.6) is 0 Å². The summed E-state index contributed by atoms with van der Waals surface area (Å²) in [5.74, 6) is 1.44. The maximum Gasteiger partial charge on any atom is 0.191 e. The predicted molar refractivity (Wildman–Crippen MR) is 94.5 cm³/mol. The van der Waals surface area contributed by atoms with Gasteiger partial charge in [0.05, 0.1) is 6.10 Å². The lowest BCUT2D eigenvalue weighted by Crippen LogP contribution is -2.45. The van der Waals surface area contributed by atoms with E-state index < -0.39 is 0 Å². The van der Waals surface area contributed by atoms with E-state index in [1.807, 2.05) is 0 Å². The van der Waals surface area contributed by atoms with Gasteiger partial charge < -0.3 is 15.4 Å². The number of hydrogen-bond acceptors (Lipinski definition) is 2. The number of guanidine groups is 1. The normalized spacial score (nSPS) is 14.0. The quantitative estimate of drug-likeness (QED) is 0.420. The van der Waals surface area contributed by atoms with E-state index in [2.05, 4.69) is 57.2 Å². The summed E-state index contributed by atoms with van der Waals surface area (Å²) in [7, 11) is 1.76. The Morgan fingerprint density at radius 1 is 1.21 bits per heavy atom. The molecule has 0 bridgehead atoms. The lowest BCUT2D eigenvalue weighted by molar-refractivity contribution is 0.0205. The molecular weight excluding hydrogens is 353 g/mol. The van der Waals surface area contributed by atoms with E-state index >= 15 is 0 Å². The van der Waals surface area contributed by atoms with Crippen molar-refractivity contribution in [3.63, 3.8) is 0 Å². The van der Waals surface area contributed by atoms with E-state index in [0.717, 1.165) is 25.6 Å². The number of hydrogen-bond donors (Lipinski definition) is 2. The standard InChI is InChI=1S/C14H31N3O.HI/c1-8-15-13(16-9-11(2)3)17-10-12(18-7)14(4,5)6;/h11-12H,8-10H2,1-7H3,(H2,15,16,17);1H. The van der Waals surface area contributed by atoms with Crippen LogP contribution in [-0.2, 0) is 4.74 Å². The highest BCUT2D eigenvalue weighted by Crippen LogP contribution is 2.20. The first-order valence-electron chi connectivity index (χ1n) is 6.86. The van der Waals surface area contributed by atoms with Crippen molar-refractivity contribution < 1.29 is 4.74 Å². The number of nitrogens with zero attached hydrogens (tertiary/aromatic N) is 1. The molecule has 19 heavy (non-hydrogen) atoms. The third kappa shape index (κ3) is 10.4. The SMILES string of the molecule is CCNC(=NCC(C)C)NCC(OC)C(C)(C)C.I. The van der Waals surface area contributed by atoms with Crippen LogP contribution in [0.25, 0.3) is 0 Å². The van der Waals surface area contributed by atoms with Crippen LogP contribution < -0.4 is 10.6 Å². The van der Waals surface area contributed by atoms with Crippen molar-refractivity contribution in [2.45, 2.75) is 47.6 Å². The third-order valence-corrected chi connectivity index (χ3v) is 2.66. The van der Waals surface area contributed by atoms with Gasteiger partial charge in [0.1, 0.15) is 0 Å². The monoisotopic (exact) mass is 385 g/mol. The Morgan fingerprint density at radius 3 is 2.16 bits per heavy atom. The Labute approximate surface area is 136 Å². The molecule has 0 fully saturated rings. The molecule has 0 aliphatic carbocycles. The van der Waals surface area contributed by atoms with Crippen molar-refractivity contribution in [2.24, 2.45) is 16.3 Å². The minimum absolute atomic E-state index is 0. The summed E-state index contributed by atoms with van der Waals surface area (Å²) < 4.78 is 5.52. The van der Waals surface area contributed by atoms with Crippen molar-refractivity contribution in [3.8, 4) is 0 Å². The third-order valence-electron chi connectivity index (χ3n) is 2.66. The summed E-state index contributed by atoms with van der Waals surface area (Å²) in [5.41, 5.74) is 0.122. The highest BCUT2D eigenvalue weighted by Gasteiger charge is 2.24. The second-order valence-corrected chi connectivity index (χ2v) is 6.08. The van der Waals surface area contributed by atoms with Crippen LogP contribution >= 0.6 is 24.0 Å². The fourth-order valence-electron chi connectivity index (χ4n) is 1.55. The highest BCUT2D eigenvalue weighted by molar-refractivity contribution is 14.0. The molecule has 4 nitrogen and oxygen atoms in total. The number of rotatable bonds is 6. The van der Waals surface area contributed by atoms with Crippen LogP contribution in [-0.4, -0.2) is 38.8 Å².